The smallest absolute Gasteiger partial charge is 0.251 e. The Bertz CT molecular complexity index is 874. The first kappa shape index (κ1) is 17.4. The number of carbonyl (C=O) groups excluding carboxylic acids is 1. The van der Waals surface area contributed by atoms with Crippen LogP contribution in [0.15, 0.2) is 36.7 Å². The number of rotatable bonds is 4. The van der Waals surface area contributed by atoms with Crippen LogP contribution in [0.1, 0.15) is 34.5 Å². The maximum Gasteiger partial charge on any atom is 0.251 e. The van der Waals surface area contributed by atoms with Gasteiger partial charge in [-0.15, -0.1) is 0 Å². The van der Waals surface area contributed by atoms with E-state index in [1.54, 1.807) is 30.5 Å². The van der Waals surface area contributed by atoms with E-state index in [1.807, 2.05) is 6.07 Å². The summed E-state index contributed by atoms with van der Waals surface area (Å²) in [7, 11) is 0. The molecular weight excluding hydrogens is 328 g/mol. The van der Waals surface area contributed by atoms with E-state index in [9.17, 15) is 4.79 Å². The third-order valence-electron chi connectivity index (χ3n) is 4.50. The van der Waals surface area contributed by atoms with Gasteiger partial charge in [0.2, 0.25) is 0 Å². The summed E-state index contributed by atoms with van der Waals surface area (Å²) in [5.74, 6) is 0.840. The number of aromatic nitrogens is 2. The van der Waals surface area contributed by atoms with Crippen LogP contribution in [0.3, 0.4) is 0 Å². The van der Waals surface area contributed by atoms with Crippen molar-refractivity contribution < 1.29 is 4.79 Å². The van der Waals surface area contributed by atoms with Crippen molar-refractivity contribution >= 4 is 11.7 Å². The minimum absolute atomic E-state index is 0.162. The van der Waals surface area contributed by atoms with E-state index in [1.165, 1.54) is 6.20 Å². The first-order valence-electron chi connectivity index (χ1n) is 8.45. The van der Waals surface area contributed by atoms with Crippen LogP contribution in [0.25, 0.3) is 0 Å². The Labute approximate surface area is 151 Å². The number of nitriles is 2. The molecule has 1 aliphatic heterocycles. The van der Waals surface area contributed by atoms with Crippen molar-refractivity contribution in [2.75, 3.05) is 24.5 Å². The Morgan fingerprint density at radius 1 is 1.19 bits per heavy atom. The monoisotopic (exact) mass is 346 g/mol. The van der Waals surface area contributed by atoms with E-state index in [2.05, 4.69) is 26.3 Å². The van der Waals surface area contributed by atoms with Crippen LogP contribution in [-0.2, 0) is 0 Å². The quantitative estimate of drug-likeness (QED) is 0.906. The van der Waals surface area contributed by atoms with Gasteiger partial charge in [0.15, 0.2) is 11.5 Å². The summed E-state index contributed by atoms with van der Waals surface area (Å²) in [6, 6.07) is 10.8. The van der Waals surface area contributed by atoms with Crippen LogP contribution in [0.2, 0.25) is 0 Å². The molecule has 0 spiro atoms. The Hall–Kier alpha value is -3.45. The molecule has 0 saturated carbocycles. The number of carbonyl (C=O) groups is 1. The lowest BCUT2D eigenvalue weighted by Crippen LogP contribution is -2.39. The third kappa shape index (κ3) is 3.96. The van der Waals surface area contributed by atoms with Gasteiger partial charge in [-0.25, -0.2) is 9.97 Å². The van der Waals surface area contributed by atoms with Crippen molar-refractivity contribution in [2.45, 2.75) is 12.8 Å². The molecule has 1 aromatic heterocycles. The van der Waals surface area contributed by atoms with E-state index < -0.39 is 0 Å². The van der Waals surface area contributed by atoms with E-state index in [0.29, 0.717) is 35.1 Å². The number of benzene rings is 1. The van der Waals surface area contributed by atoms with Gasteiger partial charge in [0.05, 0.1) is 11.6 Å². The standard InChI is InChI=1S/C19H18N6O/c20-11-15-2-1-3-16(10-15)19(26)24-13-14-4-8-25(9-5-14)18-17(12-21)22-6-7-23-18/h1-3,6-7,10,14H,4-5,8-9,13H2,(H,24,26). The predicted molar refractivity (Wildman–Crippen MR) is 95.2 cm³/mol. The van der Waals surface area contributed by atoms with E-state index in [4.69, 9.17) is 10.5 Å². The number of hydrogen-bond acceptors (Lipinski definition) is 6. The lowest BCUT2D eigenvalue weighted by molar-refractivity contribution is 0.0945. The average Bonchev–Trinajstić information content (AvgIpc) is 2.72. The van der Waals surface area contributed by atoms with Crippen LogP contribution in [0.4, 0.5) is 5.82 Å². The van der Waals surface area contributed by atoms with Gasteiger partial charge >= 0.3 is 0 Å². The van der Waals surface area contributed by atoms with Crippen molar-refractivity contribution in [3.05, 3.63) is 53.5 Å². The Kier molecular flexibility index (Phi) is 5.40. The second kappa shape index (κ2) is 8.09. The summed E-state index contributed by atoms with van der Waals surface area (Å²) in [5.41, 5.74) is 1.32. The molecule has 7 nitrogen and oxygen atoms in total. The van der Waals surface area contributed by atoms with Gasteiger partial charge < -0.3 is 10.2 Å². The van der Waals surface area contributed by atoms with Crippen LogP contribution in [-0.4, -0.2) is 35.5 Å². The first-order chi connectivity index (χ1) is 12.7. The molecule has 1 N–H and O–H groups in total. The van der Waals surface area contributed by atoms with E-state index in [-0.39, 0.29) is 5.91 Å². The molecule has 130 valence electrons. The zero-order chi connectivity index (χ0) is 18.4. The fraction of sp³-hybridized carbons (Fsp3) is 0.316. The van der Waals surface area contributed by atoms with Gasteiger partial charge in [0, 0.05) is 37.6 Å². The second-order valence-corrected chi connectivity index (χ2v) is 6.17. The molecule has 26 heavy (non-hydrogen) atoms. The molecule has 0 radical (unpaired) electrons. The zero-order valence-electron chi connectivity index (χ0n) is 14.2. The number of hydrogen-bond donors (Lipinski definition) is 1. The minimum atomic E-state index is -0.162. The van der Waals surface area contributed by atoms with Gasteiger partial charge in [0.25, 0.3) is 5.91 Å². The zero-order valence-corrected chi connectivity index (χ0v) is 14.2. The Balaban J connectivity index is 1.52. The summed E-state index contributed by atoms with van der Waals surface area (Å²) in [6.07, 6.45) is 4.92. The molecule has 2 heterocycles. The molecule has 0 bridgehead atoms. The maximum absolute atomic E-state index is 12.2. The minimum Gasteiger partial charge on any atom is -0.354 e. The number of amides is 1. The summed E-state index contributed by atoms with van der Waals surface area (Å²) in [4.78, 5) is 22.6. The predicted octanol–water partition coefficient (Wildman–Crippen LogP) is 1.87. The lowest BCUT2D eigenvalue weighted by Gasteiger charge is -2.32. The molecule has 1 saturated heterocycles. The molecule has 0 aliphatic carbocycles. The largest absolute Gasteiger partial charge is 0.354 e. The SMILES string of the molecule is N#Cc1cccc(C(=O)NCC2CCN(c3nccnc3C#N)CC2)c1. The third-order valence-corrected chi connectivity index (χ3v) is 4.50. The summed E-state index contributed by atoms with van der Waals surface area (Å²) in [5, 5.41) is 21.0. The van der Waals surface area contributed by atoms with Gasteiger partial charge in [-0.1, -0.05) is 6.07 Å². The van der Waals surface area contributed by atoms with Crippen molar-refractivity contribution in [3.63, 3.8) is 0 Å². The molecule has 1 aliphatic rings. The fourth-order valence-electron chi connectivity index (χ4n) is 3.06. The number of nitrogens with zero attached hydrogens (tertiary/aromatic N) is 5. The molecule has 1 amide bonds. The summed E-state index contributed by atoms with van der Waals surface area (Å²) < 4.78 is 0. The number of piperidine rings is 1. The van der Waals surface area contributed by atoms with Gasteiger partial charge in [-0.2, -0.15) is 10.5 Å². The number of anilines is 1. The highest BCUT2D eigenvalue weighted by Crippen LogP contribution is 2.23. The van der Waals surface area contributed by atoms with Crippen LogP contribution < -0.4 is 10.2 Å². The molecule has 0 atom stereocenters. The van der Waals surface area contributed by atoms with Gasteiger partial charge in [-0.3, -0.25) is 4.79 Å². The summed E-state index contributed by atoms with van der Waals surface area (Å²) >= 11 is 0. The van der Waals surface area contributed by atoms with Crippen LogP contribution >= 0.6 is 0 Å². The normalized spacial score (nSPS) is 14.3. The van der Waals surface area contributed by atoms with Crippen molar-refractivity contribution in [1.29, 1.82) is 10.5 Å². The topological polar surface area (TPSA) is 106 Å². The van der Waals surface area contributed by atoms with Gasteiger partial charge in [-0.05, 0) is 37.0 Å². The van der Waals surface area contributed by atoms with E-state index in [0.717, 1.165) is 25.9 Å². The summed E-state index contributed by atoms with van der Waals surface area (Å²) in [6.45, 7) is 2.14. The highest BCUT2D eigenvalue weighted by Gasteiger charge is 2.23. The van der Waals surface area contributed by atoms with Crippen molar-refractivity contribution in [3.8, 4) is 12.1 Å². The first-order valence-corrected chi connectivity index (χ1v) is 8.45. The van der Waals surface area contributed by atoms with E-state index >= 15 is 0 Å². The Morgan fingerprint density at radius 2 is 1.96 bits per heavy atom. The van der Waals surface area contributed by atoms with Crippen LogP contribution in [0, 0.1) is 28.6 Å². The highest BCUT2D eigenvalue weighted by atomic mass is 16.1. The maximum atomic E-state index is 12.2. The second-order valence-electron chi connectivity index (χ2n) is 6.17. The average molecular weight is 346 g/mol. The molecule has 1 fully saturated rings. The fourth-order valence-corrected chi connectivity index (χ4v) is 3.06. The number of nitrogens with one attached hydrogen (secondary N) is 1. The molecule has 3 rings (SSSR count). The molecule has 7 heteroatoms. The molecule has 2 aromatic rings. The molecule has 1 aromatic carbocycles. The highest BCUT2D eigenvalue weighted by molar-refractivity contribution is 5.94. The van der Waals surface area contributed by atoms with Crippen LogP contribution in [0.5, 0.6) is 0 Å². The van der Waals surface area contributed by atoms with Crippen molar-refractivity contribution in [1.82, 2.24) is 15.3 Å². The van der Waals surface area contributed by atoms with Gasteiger partial charge in [0.1, 0.15) is 6.07 Å². The Morgan fingerprint density at radius 3 is 2.69 bits per heavy atom. The molecular formula is C19H18N6O. The lowest BCUT2D eigenvalue weighted by atomic mass is 9.96. The van der Waals surface area contributed by atoms with Crippen molar-refractivity contribution in [2.24, 2.45) is 5.92 Å². The molecule has 0 unspecified atom stereocenters.